The molecule has 3 heteroatoms. The van der Waals surface area contributed by atoms with Crippen molar-refractivity contribution in [2.75, 3.05) is 0 Å². The minimum absolute atomic E-state index is 0.102. The molecule has 0 aliphatic carbocycles. The number of thioether (sulfide) groups is 1. The van der Waals surface area contributed by atoms with Crippen molar-refractivity contribution in [2.24, 2.45) is 5.73 Å². The van der Waals surface area contributed by atoms with Gasteiger partial charge in [-0.3, -0.25) is 0 Å². The summed E-state index contributed by atoms with van der Waals surface area (Å²) in [7, 11) is 0. The largest absolute Gasteiger partial charge is 0.327 e. The van der Waals surface area contributed by atoms with Gasteiger partial charge in [-0.2, -0.15) is 0 Å². The lowest BCUT2D eigenvalue weighted by atomic mass is 10.0. The second kappa shape index (κ2) is 6.60. The Morgan fingerprint density at radius 3 is 2.47 bits per heavy atom. The van der Waals surface area contributed by atoms with E-state index in [4.69, 9.17) is 5.73 Å². The molecule has 0 saturated heterocycles. The number of rotatable bonds is 4. The Hall–Kier alpha value is -0.770. The lowest BCUT2D eigenvalue weighted by molar-refractivity contribution is 0.718. The molecule has 2 rings (SSSR count). The van der Waals surface area contributed by atoms with Crippen LogP contribution in [0, 0.1) is 6.92 Å². The van der Waals surface area contributed by atoms with Crippen LogP contribution in [0.25, 0.3) is 0 Å². The molecule has 100 valence electrons. The molecule has 0 aromatic heterocycles. The van der Waals surface area contributed by atoms with E-state index in [1.807, 2.05) is 17.8 Å². The highest BCUT2D eigenvalue weighted by Gasteiger charge is 2.19. The lowest BCUT2D eigenvalue weighted by Gasteiger charge is -2.22. The summed E-state index contributed by atoms with van der Waals surface area (Å²) >= 11 is 5.34. The molecule has 2 N–H and O–H groups in total. The second-order valence-electron chi connectivity index (χ2n) is 4.71. The molecule has 2 unspecified atom stereocenters. The average molecular weight is 336 g/mol. The van der Waals surface area contributed by atoms with Gasteiger partial charge >= 0.3 is 0 Å². The molecule has 2 aromatic rings. The van der Waals surface area contributed by atoms with E-state index in [0.717, 1.165) is 4.47 Å². The van der Waals surface area contributed by atoms with Crippen LogP contribution in [0.15, 0.2) is 57.9 Å². The Balaban J connectivity index is 2.29. The smallest absolute Gasteiger partial charge is 0.0495 e. The predicted molar refractivity (Wildman–Crippen MR) is 87.6 cm³/mol. The fourth-order valence-corrected chi connectivity index (χ4v) is 3.85. The molecule has 19 heavy (non-hydrogen) atoms. The highest BCUT2D eigenvalue weighted by Crippen LogP contribution is 2.39. The first-order valence-electron chi connectivity index (χ1n) is 6.31. The van der Waals surface area contributed by atoms with Crippen LogP contribution in [0.3, 0.4) is 0 Å². The third-order valence-corrected chi connectivity index (χ3v) is 4.99. The summed E-state index contributed by atoms with van der Waals surface area (Å²) < 4.78 is 1.10. The van der Waals surface area contributed by atoms with E-state index in [1.54, 1.807) is 0 Å². The number of hydrogen-bond acceptors (Lipinski definition) is 2. The van der Waals surface area contributed by atoms with Gasteiger partial charge in [-0.05, 0) is 43.2 Å². The normalized spacial score (nSPS) is 14.1. The Morgan fingerprint density at radius 1 is 1.11 bits per heavy atom. The molecule has 0 bridgehead atoms. The molecule has 0 amide bonds. The molecule has 0 fully saturated rings. The van der Waals surface area contributed by atoms with Crippen LogP contribution >= 0.6 is 27.7 Å². The maximum atomic E-state index is 6.19. The van der Waals surface area contributed by atoms with E-state index in [2.05, 4.69) is 72.2 Å². The molecule has 0 radical (unpaired) electrons. The van der Waals surface area contributed by atoms with Crippen LogP contribution < -0.4 is 5.73 Å². The maximum absolute atomic E-state index is 6.19. The van der Waals surface area contributed by atoms with E-state index >= 15 is 0 Å². The highest BCUT2D eigenvalue weighted by atomic mass is 79.9. The van der Waals surface area contributed by atoms with Crippen molar-refractivity contribution in [1.82, 2.24) is 0 Å². The summed E-state index contributed by atoms with van der Waals surface area (Å²) in [5, 5.41) is 0.274. The zero-order chi connectivity index (χ0) is 13.8. The number of aryl methyl sites for hydroxylation is 1. The van der Waals surface area contributed by atoms with Crippen molar-refractivity contribution >= 4 is 27.7 Å². The molecule has 0 spiro atoms. The first kappa shape index (κ1) is 14.6. The summed E-state index contributed by atoms with van der Waals surface area (Å²) in [5.74, 6) is 0. The van der Waals surface area contributed by atoms with Crippen molar-refractivity contribution in [3.8, 4) is 0 Å². The Morgan fingerprint density at radius 2 is 1.84 bits per heavy atom. The molecule has 0 saturated carbocycles. The Labute approximate surface area is 127 Å². The van der Waals surface area contributed by atoms with Gasteiger partial charge in [0, 0.05) is 20.7 Å². The zero-order valence-corrected chi connectivity index (χ0v) is 13.5. The molecular formula is C16H18BrNS. The number of benzene rings is 2. The lowest BCUT2D eigenvalue weighted by Crippen LogP contribution is -2.23. The predicted octanol–water partition coefficient (Wildman–Crippen LogP) is 4.94. The monoisotopic (exact) mass is 335 g/mol. The van der Waals surface area contributed by atoms with E-state index in [-0.39, 0.29) is 11.3 Å². The van der Waals surface area contributed by atoms with Crippen molar-refractivity contribution in [1.29, 1.82) is 0 Å². The van der Waals surface area contributed by atoms with Gasteiger partial charge in [-0.25, -0.2) is 0 Å². The molecule has 0 aliphatic heterocycles. The third-order valence-electron chi connectivity index (χ3n) is 3.03. The minimum Gasteiger partial charge on any atom is -0.327 e. The van der Waals surface area contributed by atoms with Crippen LogP contribution in [0.5, 0.6) is 0 Å². The molecule has 0 aliphatic rings. The van der Waals surface area contributed by atoms with Crippen LogP contribution in [0.2, 0.25) is 0 Å². The quantitative estimate of drug-likeness (QED) is 0.801. The van der Waals surface area contributed by atoms with Gasteiger partial charge in [-0.1, -0.05) is 46.3 Å². The first-order chi connectivity index (χ1) is 9.08. The average Bonchev–Trinajstić information content (AvgIpc) is 2.37. The molecule has 2 atom stereocenters. The van der Waals surface area contributed by atoms with Crippen molar-refractivity contribution in [2.45, 2.75) is 30.0 Å². The number of nitrogens with two attached hydrogens (primary N) is 1. The summed E-state index contributed by atoms with van der Waals surface area (Å²) in [6.45, 7) is 4.22. The van der Waals surface area contributed by atoms with Crippen LogP contribution in [-0.4, -0.2) is 6.04 Å². The van der Waals surface area contributed by atoms with Gasteiger partial charge in [0.15, 0.2) is 0 Å². The van der Waals surface area contributed by atoms with Crippen molar-refractivity contribution in [3.63, 3.8) is 0 Å². The third kappa shape index (κ3) is 3.85. The summed E-state index contributed by atoms with van der Waals surface area (Å²) in [6, 6.07) is 16.9. The Kier molecular flexibility index (Phi) is 5.08. The summed E-state index contributed by atoms with van der Waals surface area (Å²) in [4.78, 5) is 1.24. The fraction of sp³-hybridized carbons (Fsp3) is 0.250. The molecule has 1 nitrogen and oxygen atoms in total. The molecular weight excluding hydrogens is 318 g/mol. The Bertz CT molecular complexity index is 554. The van der Waals surface area contributed by atoms with Gasteiger partial charge in [0.2, 0.25) is 0 Å². The van der Waals surface area contributed by atoms with Crippen molar-refractivity contribution < 1.29 is 0 Å². The summed E-state index contributed by atoms with van der Waals surface area (Å²) in [6.07, 6.45) is 0. The minimum atomic E-state index is 0.102. The second-order valence-corrected chi connectivity index (χ2v) is 6.84. The standard InChI is InChI=1S/C16H18BrNS/c1-11-6-3-4-9-15(11)16(12(2)18)19-14-8-5-7-13(17)10-14/h3-10,12,16H,18H2,1-2H3. The van der Waals surface area contributed by atoms with Crippen molar-refractivity contribution in [3.05, 3.63) is 64.1 Å². The highest BCUT2D eigenvalue weighted by molar-refractivity contribution is 9.10. The van der Waals surface area contributed by atoms with Crippen LogP contribution in [0.4, 0.5) is 0 Å². The fourth-order valence-electron chi connectivity index (χ4n) is 2.05. The van der Waals surface area contributed by atoms with E-state index < -0.39 is 0 Å². The van der Waals surface area contributed by atoms with Crippen LogP contribution in [0.1, 0.15) is 23.3 Å². The molecule has 2 aromatic carbocycles. The van der Waals surface area contributed by atoms with Crippen LogP contribution in [-0.2, 0) is 0 Å². The van der Waals surface area contributed by atoms with Gasteiger partial charge in [0.05, 0.1) is 0 Å². The van der Waals surface area contributed by atoms with E-state index in [0.29, 0.717) is 0 Å². The zero-order valence-electron chi connectivity index (χ0n) is 11.1. The van der Waals surface area contributed by atoms with Gasteiger partial charge in [-0.15, -0.1) is 11.8 Å². The number of hydrogen-bond donors (Lipinski definition) is 1. The topological polar surface area (TPSA) is 26.0 Å². The van der Waals surface area contributed by atoms with E-state index in [1.165, 1.54) is 16.0 Å². The van der Waals surface area contributed by atoms with Gasteiger partial charge in [0.1, 0.15) is 0 Å². The summed E-state index contributed by atoms with van der Waals surface area (Å²) in [5.41, 5.74) is 8.81. The molecule has 0 heterocycles. The van der Waals surface area contributed by atoms with Gasteiger partial charge < -0.3 is 5.73 Å². The maximum Gasteiger partial charge on any atom is 0.0495 e. The van der Waals surface area contributed by atoms with E-state index in [9.17, 15) is 0 Å². The van der Waals surface area contributed by atoms with Gasteiger partial charge in [0.25, 0.3) is 0 Å². The SMILES string of the molecule is Cc1ccccc1C(Sc1cccc(Br)c1)C(C)N. The first-order valence-corrected chi connectivity index (χ1v) is 7.98. The number of halogens is 1.